The lowest BCUT2D eigenvalue weighted by Crippen LogP contribution is -2.52. The van der Waals surface area contributed by atoms with Crippen LogP contribution < -0.4 is 16.4 Å². The molecule has 0 spiro atoms. The van der Waals surface area contributed by atoms with Gasteiger partial charge in [-0.3, -0.25) is 4.79 Å². The first kappa shape index (κ1) is 17.0. The van der Waals surface area contributed by atoms with Crippen LogP contribution in [0.2, 0.25) is 0 Å². The van der Waals surface area contributed by atoms with Crippen molar-refractivity contribution in [1.82, 2.24) is 15.5 Å². The van der Waals surface area contributed by atoms with Crippen LogP contribution in [-0.4, -0.2) is 49.1 Å². The van der Waals surface area contributed by atoms with E-state index in [0.29, 0.717) is 13.1 Å². The number of halogens is 1. The van der Waals surface area contributed by atoms with Crippen molar-refractivity contribution in [2.45, 2.75) is 38.1 Å². The van der Waals surface area contributed by atoms with Crippen LogP contribution in [0.1, 0.15) is 32.1 Å². The normalized spacial score (nSPS) is 22.0. The van der Waals surface area contributed by atoms with E-state index >= 15 is 0 Å². The van der Waals surface area contributed by atoms with E-state index in [4.69, 9.17) is 5.73 Å². The molecule has 116 valence electrons. The Morgan fingerprint density at radius 3 is 2.55 bits per heavy atom. The van der Waals surface area contributed by atoms with E-state index in [1.54, 1.807) is 0 Å². The molecule has 0 aromatic carbocycles. The van der Waals surface area contributed by atoms with Gasteiger partial charge in [0, 0.05) is 19.1 Å². The molecule has 6 nitrogen and oxygen atoms in total. The second-order valence-corrected chi connectivity index (χ2v) is 5.56. The zero-order chi connectivity index (χ0) is 13.7. The Bertz CT molecular complexity index is 336. The minimum atomic E-state index is -0.523. The zero-order valence-corrected chi connectivity index (χ0v) is 12.6. The molecule has 1 aliphatic carbocycles. The molecule has 1 heterocycles. The molecule has 4 N–H and O–H groups in total. The number of rotatable bonds is 6. The Kier molecular flexibility index (Phi) is 7.09. The quantitative estimate of drug-likeness (QED) is 0.666. The summed E-state index contributed by atoms with van der Waals surface area (Å²) >= 11 is 0. The van der Waals surface area contributed by atoms with Crippen molar-refractivity contribution in [1.29, 1.82) is 0 Å². The number of amides is 3. The summed E-state index contributed by atoms with van der Waals surface area (Å²) in [7, 11) is 0. The molecule has 1 saturated heterocycles. The molecule has 0 bridgehead atoms. The summed E-state index contributed by atoms with van der Waals surface area (Å²) in [5, 5.41) is 5.84. The third-order valence-electron chi connectivity index (χ3n) is 3.87. The maximum Gasteiger partial charge on any atom is 0.312 e. The van der Waals surface area contributed by atoms with Gasteiger partial charge >= 0.3 is 6.03 Å². The third kappa shape index (κ3) is 5.54. The lowest BCUT2D eigenvalue weighted by atomic mass is 10.0. The molecule has 1 saturated carbocycles. The Morgan fingerprint density at radius 2 is 1.90 bits per heavy atom. The predicted molar refractivity (Wildman–Crippen MR) is 79.8 cm³/mol. The Labute approximate surface area is 126 Å². The number of likely N-dealkylation sites (tertiary alicyclic amines) is 1. The van der Waals surface area contributed by atoms with E-state index < -0.39 is 6.03 Å². The van der Waals surface area contributed by atoms with Gasteiger partial charge in [-0.05, 0) is 44.6 Å². The SMILES string of the molecule is Cl.NC(=O)NCC1CCCCN1C(=O)CNCC1CC1. The molecule has 2 rings (SSSR count). The van der Waals surface area contributed by atoms with Crippen LogP contribution in [-0.2, 0) is 4.79 Å². The van der Waals surface area contributed by atoms with Crippen LogP contribution in [0.3, 0.4) is 0 Å². The molecule has 1 aliphatic heterocycles. The summed E-state index contributed by atoms with van der Waals surface area (Å²) < 4.78 is 0. The topological polar surface area (TPSA) is 87.5 Å². The van der Waals surface area contributed by atoms with Crippen LogP contribution >= 0.6 is 12.4 Å². The number of nitrogens with one attached hydrogen (secondary N) is 2. The number of primary amides is 1. The van der Waals surface area contributed by atoms with Crippen LogP contribution in [0.5, 0.6) is 0 Å². The summed E-state index contributed by atoms with van der Waals surface area (Å²) in [5.74, 6) is 0.915. The van der Waals surface area contributed by atoms with Gasteiger partial charge in [0.1, 0.15) is 0 Å². The second kappa shape index (κ2) is 8.32. The molecule has 1 unspecified atom stereocenters. The average Bonchev–Trinajstić information content (AvgIpc) is 3.20. The molecule has 20 heavy (non-hydrogen) atoms. The van der Waals surface area contributed by atoms with Crippen molar-refractivity contribution in [3.05, 3.63) is 0 Å². The van der Waals surface area contributed by atoms with Gasteiger partial charge in [-0.1, -0.05) is 0 Å². The summed E-state index contributed by atoms with van der Waals surface area (Å²) in [5.41, 5.74) is 5.09. The molecule has 0 aromatic heterocycles. The summed E-state index contributed by atoms with van der Waals surface area (Å²) in [6.07, 6.45) is 5.66. The van der Waals surface area contributed by atoms with Gasteiger partial charge in [0.15, 0.2) is 0 Å². The minimum absolute atomic E-state index is 0. The number of nitrogens with two attached hydrogens (primary N) is 1. The number of piperidine rings is 1. The Balaban J connectivity index is 0.00000200. The summed E-state index contributed by atoms with van der Waals surface area (Å²) in [4.78, 5) is 24.8. The van der Waals surface area contributed by atoms with Gasteiger partial charge < -0.3 is 21.3 Å². The Morgan fingerprint density at radius 1 is 1.15 bits per heavy atom. The molecule has 1 atom stereocenters. The van der Waals surface area contributed by atoms with E-state index in [1.165, 1.54) is 12.8 Å². The first-order valence-electron chi connectivity index (χ1n) is 7.20. The highest BCUT2D eigenvalue weighted by Crippen LogP contribution is 2.27. The summed E-state index contributed by atoms with van der Waals surface area (Å²) in [6.45, 7) is 2.60. The third-order valence-corrected chi connectivity index (χ3v) is 3.87. The van der Waals surface area contributed by atoms with Gasteiger partial charge in [0.05, 0.1) is 6.54 Å². The lowest BCUT2D eigenvalue weighted by molar-refractivity contribution is -0.133. The van der Waals surface area contributed by atoms with Crippen LogP contribution in [0.25, 0.3) is 0 Å². The molecule has 0 aromatic rings. The second-order valence-electron chi connectivity index (χ2n) is 5.56. The molecule has 2 aliphatic rings. The monoisotopic (exact) mass is 304 g/mol. The van der Waals surface area contributed by atoms with Gasteiger partial charge in [0.25, 0.3) is 0 Å². The number of carbonyl (C=O) groups excluding carboxylic acids is 2. The maximum atomic E-state index is 12.2. The maximum absolute atomic E-state index is 12.2. The van der Waals surface area contributed by atoms with E-state index in [2.05, 4.69) is 10.6 Å². The van der Waals surface area contributed by atoms with E-state index in [0.717, 1.165) is 38.3 Å². The van der Waals surface area contributed by atoms with Crippen LogP contribution in [0.15, 0.2) is 0 Å². The van der Waals surface area contributed by atoms with Gasteiger partial charge in [-0.15, -0.1) is 12.4 Å². The van der Waals surface area contributed by atoms with Gasteiger partial charge in [0.2, 0.25) is 5.91 Å². The standard InChI is InChI=1S/C13H24N4O2.ClH/c14-13(19)16-8-11-3-1-2-6-17(11)12(18)9-15-7-10-4-5-10;/h10-11,15H,1-9H2,(H3,14,16,19);1H. The van der Waals surface area contributed by atoms with E-state index in [9.17, 15) is 9.59 Å². The van der Waals surface area contributed by atoms with Gasteiger partial charge in [-0.2, -0.15) is 0 Å². The van der Waals surface area contributed by atoms with Crippen LogP contribution in [0.4, 0.5) is 4.79 Å². The smallest absolute Gasteiger partial charge is 0.312 e. The first-order valence-corrected chi connectivity index (χ1v) is 7.20. The molecular weight excluding hydrogens is 280 g/mol. The number of nitrogens with zero attached hydrogens (tertiary/aromatic N) is 1. The van der Waals surface area contributed by atoms with Crippen molar-refractivity contribution in [3.8, 4) is 0 Å². The highest BCUT2D eigenvalue weighted by molar-refractivity contribution is 5.85. The number of carbonyl (C=O) groups is 2. The minimum Gasteiger partial charge on any atom is -0.352 e. The summed E-state index contributed by atoms with van der Waals surface area (Å²) in [6, 6.07) is -0.429. The highest BCUT2D eigenvalue weighted by atomic mass is 35.5. The van der Waals surface area contributed by atoms with Gasteiger partial charge in [-0.25, -0.2) is 4.79 Å². The fourth-order valence-corrected chi connectivity index (χ4v) is 2.57. The van der Waals surface area contributed by atoms with Crippen molar-refractivity contribution in [3.63, 3.8) is 0 Å². The number of hydrogen-bond acceptors (Lipinski definition) is 3. The molecule has 3 amide bonds. The first-order chi connectivity index (χ1) is 9.16. The molecule has 0 radical (unpaired) electrons. The lowest BCUT2D eigenvalue weighted by Gasteiger charge is -2.36. The van der Waals surface area contributed by atoms with Crippen LogP contribution in [0, 0.1) is 5.92 Å². The van der Waals surface area contributed by atoms with E-state index in [-0.39, 0.29) is 24.4 Å². The molecular formula is C13H25ClN4O2. The molecule has 2 fully saturated rings. The highest BCUT2D eigenvalue weighted by Gasteiger charge is 2.27. The Hall–Kier alpha value is -1.01. The van der Waals surface area contributed by atoms with Crippen molar-refractivity contribution < 1.29 is 9.59 Å². The zero-order valence-electron chi connectivity index (χ0n) is 11.8. The largest absolute Gasteiger partial charge is 0.352 e. The van der Waals surface area contributed by atoms with Crippen molar-refractivity contribution in [2.24, 2.45) is 11.7 Å². The van der Waals surface area contributed by atoms with Crippen molar-refractivity contribution >= 4 is 24.3 Å². The fourth-order valence-electron chi connectivity index (χ4n) is 2.57. The number of hydrogen-bond donors (Lipinski definition) is 3. The fraction of sp³-hybridized carbons (Fsp3) is 0.846. The van der Waals surface area contributed by atoms with E-state index in [1.807, 2.05) is 4.90 Å². The predicted octanol–water partition coefficient (Wildman–Crippen LogP) is 0.457. The average molecular weight is 305 g/mol. The number of urea groups is 1. The molecule has 7 heteroatoms. The van der Waals surface area contributed by atoms with Crippen molar-refractivity contribution in [2.75, 3.05) is 26.2 Å².